The highest BCUT2D eigenvalue weighted by atomic mass is 35.5. The lowest BCUT2D eigenvalue weighted by atomic mass is 10.2. The van der Waals surface area contributed by atoms with Crippen molar-refractivity contribution < 1.29 is 4.79 Å². The van der Waals surface area contributed by atoms with E-state index in [1.54, 1.807) is 11.9 Å². The maximum atomic E-state index is 12.0. The highest BCUT2D eigenvalue weighted by Gasteiger charge is 2.27. The predicted octanol–water partition coefficient (Wildman–Crippen LogP) is 3.41. The lowest BCUT2D eigenvalue weighted by Crippen LogP contribution is -2.37. The number of carbonyl (C=O) groups excluding carboxylic acids is 1. The SMILES string of the molecule is CC.CN1CCn2c(c(Cl)c3ccccc32)C1=O. The summed E-state index contributed by atoms with van der Waals surface area (Å²) in [7, 11) is 1.81. The molecule has 0 saturated heterocycles. The number of hydrogen-bond acceptors (Lipinski definition) is 1. The zero-order valence-corrected chi connectivity index (χ0v) is 11.7. The van der Waals surface area contributed by atoms with Crippen molar-refractivity contribution in [2.75, 3.05) is 13.6 Å². The molecule has 0 spiro atoms. The molecule has 0 atom stereocenters. The van der Waals surface area contributed by atoms with Crippen molar-refractivity contribution in [1.29, 1.82) is 0 Å². The van der Waals surface area contributed by atoms with Crippen LogP contribution in [0.2, 0.25) is 5.02 Å². The molecule has 1 aliphatic rings. The quantitative estimate of drug-likeness (QED) is 0.716. The van der Waals surface area contributed by atoms with Crippen LogP contribution >= 0.6 is 11.6 Å². The largest absolute Gasteiger partial charge is 0.339 e. The minimum atomic E-state index is 0.00690. The Labute approximate surface area is 112 Å². The van der Waals surface area contributed by atoms with E-state index in [0.29, 0.717) is 10.7 Å². The van der Waals surface area contributed by atoms with Gasteiger partial charge in [0.1, 0.15) is 5.69 Å². The number of aromatic nitrogens is 1. The highest BCUT2D eigenvalue weighted by Crippen LogP contribution is 2.32. The molecule has 0 radical (unpaired) electrons. The number of rotatable bonds is 0. The molecule has 1 aromatic heterocycles. The standard InChI is InChI=1S/C12H11ClN2O.C2H6/c1-14-6-7-15-9-5-3-2-4-8(9)10(13)11(15)12(14)16;1-2/h2-5H,6-7H2,1H3;1-2H3. The number of fused-ring (bicyclic) bond motifs is 3. The highest BCUT2D eigenvalue weighted by molar-refractivity contribution is 6.38. The first-order chi connectivity index (χ1) is 8.70. The summed E-state index contributed by atoms with van der Waals surface area (Å²) in [6.45, 7) is 5.55. The third-order valence-corrected chi connectivity index (χ3v) is 3.50. The first-order valence-electron chi connectivity index (χ1n) is 6.22. The molecule has 2 aromatic rings. The summed E-state index contributed by atoms with van der Waals surface area (Å²) in [4.78, 5) is 13.7. The van der Waals surface area contributed by atoms with E-state index in [9.17, 15) is 4.79 Å². The third kappa shape index (κ3) is 1.79. The normalized spacial score (nSPS) is 14.2. The summed E-state index contributed by atoms with van der Waals surface area (Å²) in [6, 6.07) is 7.86. The smallest absolute Gasteiger partial charge is 0.271 e. The van der Waals surface area contributed by atoms with Gasteiger partial charge < -0.3 is 9.47 Å². The van der Waals surface area contributed by atoms with E-state index in [4.69, 9.17) is 11.6 Å². The van der Waals surface area contributed by atoms with Gasteiger partial charge in [0.25, 0.3) is 5.91 Å². The van der Waals surface area contributed by atoms with Crippen molar-refractivity contribution in [3.63, 3.8) is 0 Å². The van der Waals surface area contributed by atoms with Crippen LogP contribution in [-0.4, -0.2) is 29.0 Å². The van der Waals surface area contributed by atoms with Crippen molar-refractivity contribution >= 4 is 28.4 Å². The van der Waals surface area contributed by atoms with Crippen LogP contribution in [0.3, 0.4) is 0 Å². The number of benzene rings is 1. The van der Waals surface area contributed by atoms with Crippen molar-refractivity contribution in [3.05, 3.63) is 35.0 Å². The molecular formula is C14H17ClN2O. The molecule has 1 amide bonds. The Morgan fingerprint density at radius 3 is 2.56 bits per heavy atom. The molecule has 4 heteroatoms. The van der Waals surface area contributed by atoms with E-state index < -0.39 is 0 Å². The average Bonchev–Trinajstić information content (AvgIpc) is 2.71. The second kappa shape index (κ2) is 5.02. The van der Waals surface area contributed by atoms with Crippen molar-refractivity contribution in [2.24, 2.45) is 0 Å². The van der Waals surface area contributed by atoms with Crippen LogP contribution in [0.1, 0.15) is 24.3 Å². The van der Waals surface area contributed by atoms with Crippen molar-refractivity contribution in [3.8, 4) is 0 Å². The first-order valence-corrected chi connectivity index (χ1v) is 6.60. The lowest BCUT2D eigenvalue weighted by molar-refractivity contribution is 0.0751. The predicted molar refractivity (Wildman–Crippen MR) is 75.3 cm³/mol. The number of halogens is 1. The van der Waals surface area contributed by atoms with E-state index in [-0.39, 0.29) is 5.91 Å². The number of amides is 1. The summed E-state index contributed by atoms with van der Waals surface area (Å²) in [5.74, 6) is 0.00690. The van der Waals surface area contributed by atoms with Gasteiger partial charge in [-0.1, -0.05) is 43.6 Å². The van der Waals surface area contributed by atoms with Gasteiger partial charge in [0, 0.05) is 25.5 Å². The molecule has 2 heterocycles. The van der Waals surface area contributed by atoms with Gasteiger partial charge in [0.05, 0.1) is 10.5 Å². The number of hydrogen-bond donors (Lipinski definition) is 0. The summed E-state index contributed by atoms with van der Waals surface area (Å²) in [5, 5.41) is 1.54. The summed E-state index contributed by atoms with van der Waals surface area (Å²) >= 11 is 6.27. The molecule has 1 aliphatic heterocycles. The van der Waals surface area contributed by atoms with Gasteiger partial charge in [-0.05, 0) is 6.07 Å². The Kier molecular flexibility index (Phi) is 3.62. The fourth-order valence-electron chi connectivity index (χ4n) is 2.24. The fourth-order valence-corrected chi connectivity index (χ4v) is 2.58. The molecule has 0 N–H and O–H groups in total. The van der Waals surface area contributed by atoms with Crippen LogP contribution < -0.4 is 0 Å². The molecule has 18 heavy (non-hydrogen) atoms. The van der Waals surface area contributed by atoms with Crippen molar-refractivity contribution in [2.45, 2.75) is 20.4 Å². The first kappa shape index (κ1) is 13.0. The Bertz CT molecular complexity index is 589. The molecule has 1 aromatic carbocycles. The molecule has 0 fully saturated rings. The molecule has 0 bridgehead atoms. The van der Waals surface area contributed by atoms with Crippen LogP contribution in [0.15, 0.2) is 24.3 Å². The number of para-hydroxylation sites is 1. The Morgan fingerprint density at radius 2 is 1.83 bits per heavy atom. The van der Waals surface area contributed by atoms with E-state index >= 15 is 0 Å². The third-order valence-electron chi connectivity index (χ3n) is 3.12. The summed E-state index contributed by atoms with van der Waals surface area (Å²) in [5.41, 5.74) is 1.67. The van der Waals surface area contributed by atoms with E-state index in [0.717, 1.165) is 24.0 Å². The second-order valence-electron chi connectivity index (χ2n) is 4.06. The van der Waals surface area contributed by atoms with Crippen LogP contribution in [0, 0.1) is 0 Å². The Morgan fingerprint density at radius 1 is 1.17 bits per heavy atom. The van der Waals surface area contributed by atoms with Crippen LogP contribution in [0.4, 0.5) is 0 Å². The Hall–Kier alpha value is -1.48. The minimum Gasteiger partial charge on any atom is -0.339 e. The van der Waals surface area contributed by atoms with Gasteiger partial charge in [-0.25, -0.2) is 0 Å². The number of nitrogens with zero attached hydrogens (tertiary/aromatic N) is 2. The van der Waals surface area contributed by atoms with Gasteiger partial charge in [-0.2, -0.15) is 0 Å². The summed E-state index contributed by atoms with van der Waals surface area (Å²) in [6.07, 6.45) is 0. The van der Waals surface area contributed by atoms with Gasteiger partial charge in [0.15, 0.2) is 0 Å². The number of likely N-dealkylation sites (N-methyl/N-ethyl adjacent to an activating group) is 1. The van der Waals surface area contributed by atoms with Crippen LogP contribution in [0.5, 0.6) is 0 Å². The average molecular weight is 265 g/mol. The van der Waals surface area contributed by atoms with Crippen molar-refractivity contribution in [1.82, 2.24) is 9.47 Å². The second-order valence-corrected chi connectivity index (χ2v) is 4.44. The van der Waals surface area contributed by atoms with Gasteiger partial charge in [0.2, 0.25) is 0 Å². The molecule has 0 unspecified atom stereocenters. The van der Waals surface area contributed by atoms with E-state index in [1.165, 1.54) is 0 Å². The molecule has 96 valence electrons. The lowest BCUT2D eigenvalue weighted by Gasteiger charge is -2.25. The topological polar surface area (TPSA) is 25.2 Å². The van der Waals surface area contributed by atoms with E-state index in [1.807, 2.05) is 42.7 Å². The molecular weight excluding hydrogens is 248 g/mol. The summed E-state index contributed by atoms with van der Waals surface area (Å²) < 4.78 is 2.01. The molecule has 3 nitrogen and oxygen atoms in total. The zero-order valence-electron chi connectivity index (χ0n) is 10.9. The van der Waals surface area contributed by atoms with Gasteiger partial charge >= 0.3 is 0 Å². The molecule has 0 aliphatic carbocycles. The number of carbonyl (C=O) groups is 1. The van der Waals surface area contributed by atoms with E-state index in [2.05, 4.69) is 0 Å². The monoisotopic (exact) mass is 264 g/mol. The van der Waals surface area contributed by atoms with Crippen LogP contribution in [0.25, 0.3) is 10.9 Å². The Balaban J connectivity index is 0.000000574. The minimum absolute atomic E-state index is 0.00690. The maximum Gasteiger partial charge on any atom is 0.271 e. The van der Waals surface area contributed by atoms with Gasteiger partial charge in [-0.15, -0.1) is 0 Å². The van der Waals surface area contributed by atoms with Crippen LogP contribution in [-0.2, 0) is 6.54 Å². The molecule has 3 rings (SSSR count). The van der Waals surface area contributed by atoms with Gasteiger partial charge in [-0.3, -0.25) is 4.79 Å². The zero-order chi connectivity index (χ0) is 13.3. The maximum absolute atomic E-state index is 12.0. The molecule has 0 saturated carbocycles. The fraction of sp³-hybridized carbons (Fsp3) is 0.357.